The number of unbranched alkanes of at least 4 members (excludes halogenated alkanes) is 1. The largest absolute Gasteiger partial charge is 0.480 e. The van der Waals surface area contributed by atoms with E-state index in [0.717, 1.165) is 42.2 Å². The molecule has 2 rings (SSSR count). The molecule has 21 heavy (non-hydrogen) atoms. The predicted octanol–water partition coefficient (Wildman–Crippen LogP) is 3.02. The van der Waals surface area contributed by atoms with Gasteiger partial charge in [-0.25, -0.2) is 4.98 Å². The molecule has 1 aliphatic heterocycles. The van der Waals surface area contributed by atoms with Crippen molar-refractivity contribution in [1.82, 2.24) is 9.88 Å². The molecule has 2 heterocycles. The van der Waals surface area contributed by atoms with Gasteiger partial charge in [0.25, 0.3) is 0 Å². The van der Waals surface area contributed by atoms with Crippen LogP contribution in [0.15, 0.2) is 11.2 Å². The molecule has 0 atom stereocenters. The van der Waals surface area contributed by atoms with Crippen molar-refractivity contribution < 1.29 is 9.57 Å². The van der Waals surface area contributed by atoms with E-state index in [2.05, 4.69) is 35.1 Å². The molecule has 0 bridgehead atoms. The number of ether oxygens (including phenoxy) is 1. The van der Waals surface area contributed by atoms with Gasteiger partial charge in [0.15, 0.2) is 0 Å². The standard InChI is InChI=1S/C15H23N3O2S/c1-4-5-9-20-16-10-13-14(19-3)17-15(21-13)12-7-6-8-18(2)11-12/h7,10H,4-6,8-9,11H2,1-3H3. The van der Waals surface area contributed by atoms with E-state index < -0.39 is 0 Å². The first kappa shape index (κ1) is 16.0. The Labute approximate surface area is 130 Å². The van der Waals surface area contributed by atoms with Crippen LogP contribution in [0.1, 0.15) is 36.1 Å². The lowest BCUT2D eigenvalue weighted by molar-refractivity contribution is 0.143. The zero-order chi connectivity index (χ0) is 15.1. The molecule has 0 radical (unpaired) electrons. The third-order valence-electron chi connectivity index (χ3n) is 3.26. The van der Waals surface area contributed by atoms with Crippen LogP contribution in [0.25, 0.3) is 5.57 Å². The van der Waals surface area contributed by atoms with Crippen molar-refractivity contribution >= 4 is 23.1 Å². The van der Waals surface area contributed by atoms with Crippen LogP contribution < -0.4 is 4.74 Å². The summed E-state index contributed by atoms with van der Waals surface area (Å²) in [6, 6.07) is 0. The maximum Gasteiger partial charge on any atom is 0.234 e. The Morgan fingerprint density at radius 3 is 3.10 bits per heavy atom. The minimum Gasteiger partial charge on any atom is -0.480 e. The van der Waals surface area contributed by atoms with Crippen molar-refractivity contribution in [2.45, 2.75) is 26.2 Å². The van der Waals surface area contributed by atoms with Crippen molar-refractivity contribution in [3.63, 3.8) is 0 Å². The van der Waals surface area contributed by atoms with Gasteiger partial charge in [0, 0.05) is 13.1 Å². The summed E-state index contributed by atoms with van der Waals surface area (Å²) in [7, 11) is 3.76. The van der Waals surface area contributed by atoms with Gasteiger partial charge in [0.2, 0.25) is 5.88 Å². The molecule has 1 aromatic rings. The number of methoxy groups -OCH3 is 1. The Balaban J connectivity index is 2.06. The summed E-state index contributed by atoms with van der Waals surface area (Å²) in [5.41, 5.74) is 1.26. The number of hydrogen-bond acceptors (Lipinski definition) is 6. The highest BCUT2D eigenvalue weighted by atomic mass is 32.1. The van der Waals surface area contributed by atoms with Gasteiger partial charge in [0.1, 0.15) is 16.5 Å². The average molecular weight is 309 g/mol. The Bertz CT molecular complexity index is 511. The molecule has 0 N–H and O–H groups in total. The zero-order valence-corrected chi connectivity index (χ0v) is 13.8. The van der Waals surface area contributed by atoms with Gasteiger partial charge < -0.3 is 14.5 Å². The number of rotatable bonds is 7. The normalized spacial score (nSPS) is 16.2. The summed E-state index contributed by atoms with van der Waals surface area (Å²) >= 11 is 1.60. The minimum absolute atomic E-state index is 0.618. The van der Waals surface area contributed by atoms with Crippen molar-refractivity contribution in [3.05, 3.63) is 16.0 Å². The van der Waals surface area contributed by atoms with E-state index in [4.69, 9.17) is 9.57 Å². The molecule has 0 aliphatic carbocycles. The van der Waals surface area contributed by atoms with E-state index in [1.54, 1.807) is 24.7 Å². The number of likely N-dealkylation sites (N-methyl/N-ethyl adjacent to an activating group) is 1. The van der Waals surface area contributed by atoms with Gasteiger partial charge in [-0.3, -0.25) is 0 Å². The van der Waals surface area contributed by atoms with Crippen LogP contribution in [0.2, 0.25) is 0 Å². The summed E-state index contributed by atoms with van der Waals surface area (Å²) in [6.45, 7) is 4.81. The van der Waals surface area contributed by atoms with Crippen molar-refractivity contribution in [1.29, 1.82) is 0 Å². The molecule has 0 amide bonds. The Kier molecular flexibility index (Phi) is 6.20. The van der Waals surface area contributed by atoms with E-state index in [0.29, 0.717) is 12.5 Å². The molecule has 0 aromatic carbocycles. The van der Waals surface area contributed by atoms with Crippen molar-refractivity contribution in [2.24, 2.45) is 5.16 Å². The highest BCUT2D eigenvalue weighted by Gasteiger charge is 2.17. The number of oxime groups is 1. The van der Waals surface area contributed by atoms with E-state index in [-0.39, 0.29) is 0 Å². The van der Waals surface area contributed by atoms with Crippen LogP contribution in [0.4, 0.5) is 0 Å². The molecule has 0 unspecified atom stereocenters. The van der Waals surface area contributed by atoms with E-state index in [1.165, 1.54) is 5.57 Å². The molecule has 0 saturated carbocycles. The Hall–Kier alpha value is -1.40. The van der Waals surface area contributed by atoms with Gasteiger partial charge >= 0.3 is 0 Å². The molecule has 1 aliphatic rings. The molecular weight excluding hydrogens is 286 g/mol. The quantitative estimate of drug-likeness (QED) is 0.441. The second-order valence-corrected chi connectivity index (χ2v) is 6.10. The predicted molar refractivity (Wildman–Crippen MR) is 87.2 cm³/mol. The van der Waals surface area contributed by atoms with Gasteiger partial charge in [-0.15, -0.1) is 11.3 Å². The SMILES string of the molecule is CCCCON=Cc1sc(C2=CCCN(C)C2)nc1OC. The maximum absolute atomic E-state index is 5.33. The lowest BCUT2D eigenvalue weighted by Gasteiger charge is -2.21. The Morgan fingerprint density at radius 1 is 1.52 bits per heavy atom. The fourth-order valence-electron chi connectivity index (χ4n) is 2.08. The third kappa shape index (κ3) is 4.54. The second kappa shape index (κ2) is 8.14. The number of hydrogen-bond donors (Lipinski definition) is 0. The Morgan fingerprint density at radius 2 is 2.38 bits per heavy atom. The average Bonchev–Trinajstić information content (AvgIpc) is 2.90. The summed E-state index contributed by atoms with van der Waals surface area (Å²) in [5, 5.41) is 5.00. The van der Waals surface area contributed by atoms with Gasteiger partial charge in [-0.1, -0.05) is 24.6 Å². The lowest BCUT2D eigenvalue weighted by atomic mass is 10.1. The molecule has 116 valence electrons. The van der Waals surface area contributed by atoms with Crippen LogP contribution in [0, 0.1) is 0 Å². The molecule has 0 saturated heterocycles. The second-order valence-electron chi connectivity index (χ2n) is 5.07. The van der Waals surface area contributed by atoms with Crippen LogP contribution in [-0.2, 0) is 4.84 Å². The smallest absolute Gasteiger partial charge is 0.234 e. The molecule has 0 spiro atoms. The van der Waals surface area contributed by atoms with Crippen molar-refractivity contribution in [2.75, 3.05) is 33.9 Å². The monoisotopic (exact) mass is 309 g/mol. The first-order chi connectivity index (χ1) is 10.2. The maximum atomic E-state index is 5.33. The fourth-order valence-corrected chi connectivity index (χ4v) is 3.01. The summed E-state index contributed by atoms with van der Waals surface area (Å²) in [6.07, 6.45) is 7.14. The molecular formula is C15H23N3O2S. The molecule has 5 nitrogen and oxygen atoms in total. The number of aromatic nitrogens is 1. The minimum atomic E-state index is 0.618. The number of thiazole rings is 1. The highest BCUT2D eigenvalue weighted by Crippen LogP contribution is 2.30. The zero-order valence-electron chi connectivity index (χ0n) is 13.0. The van der Waals surface area contributed by atoms with E-state index in [1.807, 2.05) is 0 Å². The van der Waals surface area contributed by atoms with Gasteiger partial charge in [0.05, 0.1) is 13.3 Å². The molecule has 6 heteroatoms. The molecule has 0 fully saturated rings. The molecule has 1 aromatic heterocycles. The number of nitrogens with zero attached hydrogens (tertiary/aromatic N) is 3. The first-order valence-corrected chi connectivity index (χ1v) is 8.14. The lowest BCUT2D eigenvalue weighted by Crippen LogP contribution is -2.24. The van der Waals surface area contributed by atoms with Crippen LogP contribution in [0.3, 0.4) is 0 Å². The van der Waals surface area contributed by atoms with Crippen LogP contribution in [0.5, 0.6) is 5.88 Å². The van der Waals surface area contributed by atoms with E-state index >= 15 is 0 Å². The highest BCUT2D eigenvalue weighted by molar-refractivity contribution is 7.14. The first-order valence-electron chi connectivity index (χ1n) is 7.32. The fraction of sp³-hybridized carbons (Fsp3) is 0.600. The summed E-state index contributed by atoms with van der Waals surface area (Å²) in [5.74, 6) is 0.618. The van der Waals surface area contributed by atoms with Crippen molar-refractivity contribution in [3.8, 4) is 5.88 Å². The summed E-state index contributed by atoms with van der Waals surface area (Å²) in [4.78, 5) is 13.0. The summed E-state index contributed by atoms with van der Waals surface area (Å²) < 4.78 is 5.33. The van der Waals surface area contributed by atoms with Gasteiger partial charge in [-0.05, 0) is 25.5 Å². The van der Waals surface area contributed by atoms with E-state index in [9.17, 15) is 0 Å². The van der Waals surface area contributed by atoms with Crippen LogP contribution >= 0.6 is 11.3 Å². The van der Waals surface area contributed by atoms with Gasteiger partial charge in [-0.2, -0.15) is 0 Å². The van der Waals surface area contributed by atoms with Crippen LogP contribution in [-0.4, -0.2) is 50.0 Å². The third-order valence-corrected chi connectivity index (χ3v) is 4.31. The topological polar surface area (TPSA) is 47.0 Å².